The Labute approximate surface area is 135 Å². The summed E-state index contributed by atoms with van der Waals surface area (Å²) in [6.45, 7) is 0. The summed E-state index contributed by atoms with van der Waals surface area (Å²) < 4.78 is 0. The summed E-state index contributed by atoms with van der Waals surface area (Å²) in [4.78, 5) is 4.51. The Balaban J connectivity index is 1.63. The van der Waals surface area contributed by atoms with Gasteiger partial charge in [0, 0.05) is 5.56 Å². The fourth-order valence-corrected chi connectivity index (χ4v) is 3.08. The molecule has 4 nitrogen and oxygen atoms in total. The van der Waals surface area contributed by atoms with E-state index in [9.17, 15) is 15.3 Å². The molecule has 23 heavy (non-hydrogen) atoms. The van der Waals surface area contributed by atoms with Gasteiger partial charge in [-0.25, -0.2) is 0 Å². The number of hydrogen-bond acceptors (Lipinski definition) is 4. The molecule has 0 bridgehead atoms. The first-order valence-electron chi connectivity index (χ1n) is 7.94. The van der Waals surface area contributed by atoms with Gasteiger partial charge in [-0.15, -0.1) is 0 Å². The predicted octanol–water partition coefficient (Wildman–Crippen LogP) is 3.15. The second kappa shape index (κ2) is 6.84. The summed E-state index contributed by atoms with van der Waals surface area (Å²) in [7, 11) is 0. The van der Waals surface area contributed by atoms with Crippen LogP contribution in [0.3, 0.4) is 0 Å². The molecule has 3 N–H and O–H groups in total. The summed E-state index contributed by atoms with van der Waals surface area (Å²) >= 11 is 0. The van der Waals surface area contributed by atoms with E-state index in [1.165, 1.54) is 11.6 Å². The van der Waals surface area contributed by atoms with Crippen LogP contribution in [0.2, 0.25) is 0 Å². The molecule has 1 aliphatic rings. The van der Waals surface area contributed by atoms with Gasteiger partial charge < -0.3 is 15.3 Å². The Hall–Kier alpha value is -2.33. The number of aliphatic hydroxyl groups excluding tert-OH is 1. The fourth-order valence-electron chi connectivity index (χ4n) is 3.08. The highest BCUT2D eigenvalue weighted by atomic mass is 16.3. The van der Waals surface area contributed by atoms with Gasteiger partial charge in [-0.1, -0.05) is 36.4 Å². The van der Waals surface area contributed by atoms with Gasteiger partial charge in [-0.2, -0.15) is 0 Å². The summed E-state index contributed by atoms with van der Waals surface area (Å²) in [6, 6.07) is 13.1. The SMILES string of the molecule is Oc1ccc2c(c1O)CCC(N=CCCc1ccccc1)C2O. The second-order valence-electron chi connectivity index (χ2n) is 5.91. The molecular formula is C19H21NO3. The van der Waals surface area contributed by atoms with Gasteiger partial charge in [0.15, 0.2) is 11.5 Å². The van der Waals surface area contributed by atoms with E-state index in [1.807, 2.05) is 24.4 Å². The zero-order valence-electron chi connectivity index (χ0n) is 12.9. The first kappa shape index (κ1) is 15.6. The highest BCUT2D eigenvalue weighted by Gasteiger charge is 2.29. The van der Waals surface area contributed by atoms with Crippen LogP contribution in [-0.4, -0.2) is 27.6 Å². The van der Waals surface area contributed by atoms with Crippen molar-refractivity contribution in [3.8, 4) is 11.5 Å². The van der Waals surface area contributed by atoms with Crippen molar-refractivity contribution in [2.45, 2.75) is 37.8 Å². The largest absolute Gasteiger partial charge is 0.504 e. The monoisotopic (exact) mass is 311 g/mol. The molecule has 0 saturated heterocycles. The normalized spacial score (nSPS) is 20.6. The van der Waals surface area contributed by atoms with Crippen molar-refractivity contribution in [2.75, 3.05) is 0 Å². The van der Waals surface area contributed by atoms with Crippen LogP contribution in [0.5, 0.6) is 11.5 Å². The first-order valence-corrected chi connectivity index (χ1v) is 7.94. The van der Waals surface area contributed by atoms with E-state index in [0.717, 1.165) is 12.8 Å². The van der Waals surface area contributed by atoms with Crippen molar-refractivity contribution >= 4 is 6.21 Å². The van der Waals surface area contributed by atoms with Gasteiger partial charge in [0.2, 0.25) is 0 Å². The number of phenolic OH excluding ortho intramolecular Hbond substituents is 2. The van der Waals surface area contributed by atoms with Crippen LogP contribution in [-0.2, 0) is 12.8 Å². The van der Waals surface area contributed by atoms with Crippen molar-refractivity contribution in [2.24, 2.45) is 4.99 Å². The molecule has 120 valence electrons. The number of benzene rings is 2. The van der Waals surface area contributed by atoms with Gasteiger partial charge in [0.1, 0.15) is 6.10 Å². The number of rotatable bonds is 4. The number of fused-ring (bicyclic) bond motifs is 1. The van der Waals surface area contributed by atoms with E-state index in [4.69, 9.17) is 0 Å². The van der Waals surface area contributed by atoms with E-state index >= 15 is 0 Å². The summed E-state index contributed by atoms with van der Waals surface area (Å²) in [5.74, 6) is -0.256. The molecule has 1 aliphatic carbocycles. The Morgan fingerprint density at radius 2 is 1.87 bits per heavy atom. The van der Waals surface area contributed by atoms with Crippen LogP contribution in [0.25, 0.3) is 0 Å². The number of aliphatic imine (C=N–C) groups is 1. The lowest BCUT2D eigenvalue weighted by molar-refractivity contribution is 0.134. The number of hydrogen-bond donors (Lipinski definition) is 3. The van der Waals surface area contributed by atoms with Crippen molar-refractivity contribution in [1.29, 1.82) is 0 Å². The maximum atomic E-state index is 10.4. The first-order chi connectivity index (χ1) is 11.2. The van der Waals surface area contributed by atoms with Crippen LogP contribution < -0.4 is 0 Å². The Bertz CT molecular complexity index is 697. The van der Waals surface area contributed by atoms with Crippen LogP contribution in [0.15, 0.2) is 47.5 Å². The fraction of sp³-hybridized carbons (Fsp3) is 0.316. The van der Waals surface area contributed by atoms with Crippen molar-refractivity contribution < 1.29 is 15.3 Å². The number of aliphatic hydroxyl groups is 1. The van der Waals surface area contributed by atoms with Crippen LogP contribution in [0, 0.1) is 0 Å². The predicted molar refractivity (Wildman–Crippen MR) is 90.1 cm³/mol. The molecule has 3 rings (SSSR count). The third-order valence-electron chi connectivity index (χ3n) is 4.37. The molecule has 0 spiro atoms. The van der Waals surface area contributed by atoms with Crippen molar-refractivity contribution in [1.82, 2.24) is 0 Å². The molecule has 0 heterocycles. The average molecular weight is 311 g/mol. The second-order valence-corrected chi connectivity index (χ2v) is 5.91. The molecule has 2 unspecified atom stereocenters. The molecular weight excluding hydrogens is 290 g/mol. The lowest BCUT2D eigenvalue weighted by atomic mass is 9.85. The number of aromatic hydroxyl groups is 2. The van der Waals surface area contributed by atoms with E-state index in [1.54, 1.807) is 6.07 Å². The molecule has 0 amide bonds. The van der Waals surface area contributed by atoms with E-state index in [-0.39, 0.29) is 17.5 Å². The molecule has 2 aromatic rings. The van der Waals surface area contributed by atoms with Crippen LogP contribution >= 0.6 is 0 Å². The zero-order valence-corrected chi connectivity index (χ0v) is 12.9. The van der Waals surface area contributed by atoms with Gasteiger partial charge in [-0.05, 0) is 49.1 Å². The Kier molecular flexibility index (Phi) is 4.63. The molecule has 0 aromatic heterocycles. The zero-order chi connectivity index (χ0) is 16.2. The number of aryl methyl sites for hydroxylation is 1. The van der Waals surface area contributed by atoms with Crippen LogP contribution in [0.1, 0.15) is 35.6 Å². The van der Waals surface area contributed by atoms with Gasteiger partial charge >= 0.3 is 0 Å². The third-order valence-corrected chi connectivity index (χ3v) is 4.37. The molecule has 0 fully saturated rings. The van der Waals surface area contributed by atoms with E-state index in [2.05, 4.69) is 17.1 Å². The van der Waals surface area contributed by atoms with E-state index in [0.29, 0.717) is 24.0 Å². The summed E-state index contributed by atoms with van der Waals surface area (Å²) in [5, 5.41) is 29.9. The van der Waals surface area contributed by atoms with Crippen molar-refractivity contribution in [3.63, 3.8) is 0 Å². The minimum absolute atomic E-state index is 0.118. The van der Waals surface area contributed by atoms with Gasteiger partial charge in [-0.3, -0.25) is 4.99 Å². The van der Waals surface area contributed by atoms with Crippen molar-refractivity contribution in [3.05, 3.63) is 59.2 Å². The van der Waals surface area contributed by atoms with Crippen LogP contribution in [0.4, 0.5) is 0 Å². The lowest BCUT2D eigenvalue weighted by Gasteiger charge is -2.28. The molecule has 4 heteroatoms. The highest BCUT2D eigenvalue weighted by Crippen LogP contribution is 2.40. The highest BCUT2D eigenvalue weighted by molar-refractivity contribution is 5.58. The van der Waals surface area contributed by atoms with Gasteiger partial charge in [0.05, 0.1) is 6.04 Å². The van der Waals surface area contributed by atoms with Gasteiger partial charge in [0.25, 0.3) is 0 Å². The topological polar surface area (TPSA) is 73.0 Å². The molecule has 0 radical (unpaired) electrons. The maximum absolute atomic E-state index is 10.4. The minimum atomic E-state index is -0.738. The average Bonchev–Trinajstić information content (AvgIpc) is 2.58. The standard InChI is InChI=1S/C19H21NO3/c21-17-11-9-14-15(19(17)23)8-10-16(18(14)22)20-12-4-7-13-5-2-1-3-6-13/h1-3,5-6,9,11-12,16,18,21-23H,4,7-8,10H2. The lowest BCUT2D eigenvalue weighted by Crippen LogP contribution is -2.24. The van der Waals surface area contributed by atoms with E-state index < -0.39 is 6.10 Å². The quantitative estimate of drug-likeness (QED) is 0.600. The Morgan fingerprint density at radius 1 is 1.09 bits per heavy atom. The summed E-state index contributed by atoms with van der Waals surface area (Å²) in [5.41, 5.74) is 2.57. The Morgan fingerprint density at radius 3 is 2.65 bits per heavy atom. The number of nitrogens with zero attached hydrogens (tertiary/aromatic N) is 1. The molecule has 0 aliphatic heterocycles. The third kappa shape index (κ3) is 3.37. The molecule has 2 aromatic carbocycles. The minimum Gasteiger partial charge on any atom is -0.504 e. The summed E-state index contributed by atoms with van der Waals surface area (Å²) in [6.07, 6.45) is 4.17. The maximum Gasteiger partial charge on any atom is 0.161 e. The smallest absolute Gasteiger partial charge is 0.161 e. The number of phenols is 2. The molecule has 0 saturated carbocycles. The molecule has 2 atom stereocenters.